The average molecular weight is 332 g/mol. The van der Waals surface area contributed by atoms with Crippen molar-refractivity contribution in [1.82, 2.24) is 0 Å². The Balaban J connectivity index is 2.12. The smallest absolute Gasteiger partial charge is 0.349 e. The quantitative estimate of drug-likeness (QED) is 0.465. The lowest BCUT2D eigenvalue weighted by atomic mass is 10.1. The minimum atomic E-state index is -0.697. The van der Waals surface area contributed by atoms with E-state index >= 15 is 0 Å². The highest BCUT2D eigenvalue weighted by atomic mass is 35.5. The average Bonchev–Trinajstić information content (AvgIpc) is 2.53. The van der Waals surface area contributed by atoms with Gasteiger partial charge < -0.3 is 4.74 Å². The van der Waals surface area contributed by atoms with Gasteiger partial charge in [0.25, 0.3) is 0 Å². The van der Waals surface area contributed by atoms with Gasteiger partial charge in [-0.2, -0.15) is 5.26 Å². The van der Waals surface area contributed by atoms with Gasteiger partial charge in [-0.3, -0.25) is 0 Å². The van der Waals surface area contributed by atoms with Crippen LogP contribution in [-0.2, 0) is 16.1 Å². The third-order valence-electron chi connectivity index (χ3n) is 2.82. The molecule has 2 aromatic carbocycles. The maximum absolute atomic E-state index is 11.9. The van der Waals surface area contributed by atoms with E-state index in [0.29, 0.717) is 15.6 Å². The van der Waals surface area contributed by atoms with Crippen molar-refractivity contribution in [2.24, 2.45) is 0 Å². The standard InChI is InChI=1S/C17H11Cl2NO2/c18-15-7-6-13(16(19)9-15)8-14(10-20)17(21)22-11-12-4-2-1-3-5-12/h1-9H,11H2/b14-8-. The van der Waals surface area contributed by atoms with Crippen LogP contribution in [0, 0.1) is 11.3 Å². The maximum Gasteiger partial charge on any atom is 0.349 e. The van der Waals surface area contributed by atoms with Crippen molar-refractivity contribution in [3.63, 3.8) is 0 Å². The molecule has 110 valence electrons. The molecule has 0 heterocycles. The van der Waals surface area contributed by atoms with Crippen LogP contribution in [0.4, 0.5) is 0 Å². The van der Waals surface area contributed by atoms with E-state index in [-0.39, 0.29) is 12.2 Å². The zero-order valence-electron chi connectivity index (χ0n) is 11.4. The molecule has 0 fully saturated rings. The van der Waals surface area contributed by atoms with Crippen LogP contribution in [0.25, 0.3) is 6.08 Å². The van der Waals surface area contributed by atoms with E-state index in [9.17, 15) is 4.79 Å². The molecule has 0 aliphatic carbocycles. The number of rotatable bonds is 4. The van der Waals surface area contributed by atoms with Gasteiger partial charge in [0.05, 0.1) is 0 Å². The summed E-state index contributed by atoms with van der Waals surface area (Å²) in [6.07, 6.45) is 1.38. The largest absolute Gasteiger partial charge is 0.457 e. The molecule has 5 heteroatoms. The molecule has 0 bridgehead atoms. The summed E-state index contributed by atoms with van der Waals surface area (Å²) in [5.41, 5.74) is 1.25. The summed E-state index contributed by atoms with van der Waals surface area (Å²) in [5, 5.41) is 9.95. The normalized spacial score (nSPS) is 10.9. The van der Waals surface area contributed by atoms with E-state index < -0.39 is 5.97 Å². The molecule has 0 atom stereocenters. The Morgan fingerprint density at radius 1 is 1.18 bits per heavy atom. The molecule has 0 N–H and O–H groups in total. The molecule has 0 aliphatic heterocycles. The molecule has 0 spiro atoms. The van der Waals surface area contributed by atoms with Crippen LogP contribution in [0.5, 0.6) is 0 Å². The fourth-order valence-electron chi connectivity index (χ4n) is 1.71. The zero-order chi connectivity index (χ0) is 15.9. The lowest BCUT2D eigenvalue weighted by Crippen LogP contribution is -2.06. The van der Waals surface area contributed by atoms with E-state index in [1.807, 2.05) is 36.4 Å². The summed E-state index contributed by atoms with van der Waals surface area (Å²) in [6, 6.07) is 15.8. The number of hydrogen-bond donors (Lipinski definition) is 0. The molecular formula is C17H11Cl2NO2. The van der Waals surface area contributed by atoms with Gasteiger partial charge >= 0.3 is 5.97 Å². The Labute approximate surface area is 138 Å². The topological polar surface area (TPSA) is 50.1 Å². The lowest BCUT2D eigenvalue weighted by molar-refractivity contribution is -0.139. The molecule has 0 amide bonds. The third-order valence-corrected chi connectivity index (χ3v) is 3.38. The zero-order valence-corrected chi connectivity index (χ0v) is 12.9. The van der Waals surface area contributed by atoms with Gasteiger partial charge in [-0.15, -0.1) is 0 Å². The first-order valence-corrected chi connectivity index (χ1v) is 7.13. The number of esters is 1. The molecule has 0 unspecified atom stereocenters. The van der Waals surface area contributed by atoms with E-state index in [2.05, 4.69) is 0 Å². The number of nitrogens with zero attached hydrogens (tertiary/aromatic N) is 1. The van der Waals surface area contributed by atoms with Crippen LogP contribution in [-0.4, -0.2) is 5.97 Å². The number of halogens is 2. The van der Waals surface area contributed by atoms with Crippen molar-refractivity contribution in [3.8, 4) is 6.07 Å². The van der Waals surface area contributed by atoms with Gasteiger partial charge in [0.15, 0.2) is 0 Å². The summed E-state index contributed by atoms with van der Waals surface area (Å²) in [4.78, 5) is 11.9. The Hall–Kier alpha value is -2.28. The van der Waals surface area contributed by atoms with Crippen LogP contribution in [0.2, 0.25) is 10.0 Å². The first kappa shape index (κ1) is 16.1. The predicted molar refractivity (Wildman–Crippen MR) is 86.3 cm³/mol. The van der Waals surface area contributed by atoms with Crippen molar-refractivity contribution < 1.29 is 9.53 Å². The monoisotopic (exact) mass is 331 g/mol. The van der Waals surface area contributed by atoms with E-state index in [1.54, 1.807) is 18.2 Å². The molecule has 2 rings (SSSR count). The van der Waals surface area contributed by atoms with Crippen LogP contribution in [0.3, 0.4) is 0 Å². The molecule has 0 aliphatic rings. The molecule has 0 saturated carbocycles. The number of nitriles is 1. The first-order chi connectivity index (χ1) is 10.6. The fraction of sp³-hybridized carbons (Fsp3) is 0.0588. The molecular weight excluding hydrogens is 321 g/mol. The molecule has 2 aromatic rings. The van der Waals surface area contributed by atoms with Gasteiger partial charge in [-0.05, 0) is 29.3 Å². The molecule has 0 saturated heterocycles. The molecule has 22 heavy (non-hydrogen) atoms. The number of benzene rings is 2. The summed E-state index contributed by atoms with van der Waals surface area (Å²) in [6.45, 7) is 0.104. The lowest BCUT2D eigenvalue weighted by Gasteiger charge is -2.04. The second kappa shape index (κ2) is 7.65. The SMILES string of the molecule is N#C/C(=C/c1ccc(Cl)cc1Cl)C(=O)OCc1ccccc1. The first-order valence-electron chi connectivity index (χ1n) is 6.38. The van der Waals surface area contributed by atoms with E-state index in [4.69, 9.17) is 33.2 Å². The minimum Gasteiger partial charge on any atom is -0.457 e. The van der Waals surface area contributed by atoms with Gasteiger partial charge in [-0.25, -0.2) is 4.79 Å². The van der Waals surface area contributed by atoms with Crippen LogP contribution in [0.15, 0.2) is 54.1 Å². The second-order valence-electron chi connectivity index (χ2n) is 4.40. The van der Waals surface area contributed by atoms with Crippen molar-refractivity contribution in [1.29, 1.82) is 5.26 Å². The summed E-state index contributed by atoms with van der Waals surface area (Å²) in [7, 11) is 0. The number of carbonyl (C=O) groups excluding carboxylic acids is 1. The van der Waals surface area contributed by atoms with Crippen molar-refractivity contribution >= 4 is 35.2 Å². The predicted octanol–water partition coefficient (Wildman–Crippen LogP) is 4.64. The number of ether oxygens (including phenoxy) is 1. The highest BCUT2D eigenvalue weighted by molar-refractivity contribution is 6.35. The molecule has 0 aromatic heterocycles. The molecule has 0 radical (unpaired) electrons. The molecule has 3 nitrogen and oxygen atoms in total. The summed E-state index contributed by atoms with van der Waals surface area (Å²) < 4.78 is 5.12. The van der Waals surface area contributed by atoms with Gasteiger partial charge in [-0.1, -0.05) is 59.6 Å². The van der Waals surface area contributed by atoms with Gasteiger partial charge in [0.1, 0.15) is 18.2 Å². The number of hydrogen-bond acceptors (Lipinski definition) is 3. The highest BCUT2D eigenvalue weighted by Crippen LogP contribution is 2.23. The third kappa shape index (κ3) is 4.36. The van der Waals surface area contributed by atoms with Crippen molar-refractivity contribution in [2.45, 2.75) is 6.61 Å². The number of carbonyl (C=O) groups is 1. The van der Waals surface area contributed by atoms with Crippen LogP contribution in [0.1, 0.15) is 11.1 Å². The van der Waals surface area contributed by atoms with Crippen molar-refractivity contribution in [3.05, 3.63) is 75.3 Å². The minimum absolute atomic E-state index is 0.104. The maximum atomic E-state index is 11.9. The van der Waals surface area contributed by atoms with Crippen LogP contribution >= 0.6 is 23.2 Å². The Morgan fingerprint density at radius 2 is 1.91 bits per heavy atom. The van der Waals surface area contributed by atoms with E-state index in [1.165, 1.54) is 6.08 Å². The Kier molecular flexibility index (Phi) is 5.60. The Morgan fingerprint density at radius 3 is 2.55 bits per heavy atom. The fourth-order valence-corrected chi connectivity index (χ4v) is 2.17. The highest BCUT2D eigenvalue weighted by Gasteiger charge is 2.12. The Bertz CT molecular complexity index is 749. The summed E-state index contributed by atoms with van der Waals surface area (Å²) >= 11 is 11.8. The van der Waals surface area contributed by atoms with E-state index in [0.717, 1.165) is 5.56 Å². The van der Waals surface area contributed by atoms with Crippen LogP contribution < -0.4 is 0 Å². The van der Waals surface area contributed by atoms with Crippen molar-refractivity contribution in [2.75, 3.05) is 0 Å². The van der Waals surface area contributed by atoms with Gasteiger partial charge in [0, 0.05) is 10.0 Å². The van der Waals surface area contributed by atoms with Gasteiger partial charge in [0.2, 0.25) is 0 Å². The summed E-state index contributed by atoms with van der Waals surface area (Å²) in [5.74, 6) is -0.697. The second-order valence-corrected chi connectivity index (χ2v) is 5.24.